The molecule has 0 aromatic rings. The normalized spacial score (nSPS) is 15.2. The van der Waals surface area contributed by atoms with Crippen molar-refractivity contribution in [1.29, 1.82) is 0 Å². The van der Waals surface area contributed by atoms with Gasteiger partial charge in [-0.1, -0.05) is 6.92 Å². The first-order valence-corrected chi connectivity index (χ1v) is 8.39. The fourth-order valence-corrected chi connectivity index (χ4v) is 1.60. The molecule has 0 aromatic carbocycles. The highest BCUT2D eigenvalue weighted by atomic mass is 16.6. The average molecular weight is 376 g/mol. The Labute approximate surface area is 152 Å². The van der Waals surface area contributed by atoms with E-state index in [1.54, 1.807) is 13.8 Å². The van der Waals surface area contributed by atoms with Gasteiger partial charge in [0.05, 0.1) is 25.2 Å². The highest BCUT2D eigenvalue weighted by Crippen LogP contribution is 2.19. The van der Waals surface area contributed by atoms with E-state index in [1.165, 1.54) is 20.8 Å². The van der Waals surface area contributed by atoms with Gasteiger partial charge in [-0.05, 0) is 27.7 Å². The molecule has 0 radical (unpaired) electrons. The molecule has 0 spiro atoms. The van der Waals surface area contributed by atoms with Gasteiger partial charge in [0.25, 0.3) is 0 Å². The van der Waals surface area contributed by atoms with E-state index in [-0.39, 0.29) is 26.4 Å². The molecule has 0 amide bonds. The van der Waals surface area contributed by atoms with E-state index in [9.17, 15) is 24.3 Å². The molecule has 150 valence electrons. The first-order valence-electron chi connectivity index (χ1n) is 8.39. The van der Waals surface area contributed by atoms with Crippen molar-refractivity contribution < 1.29 is 43.2 Å². The topological polar surface area (TPSA) is 125 Å². The Morgan fingerprint density at radius 2 is 1.08 bits per heavy atom. The van der Waals surface area contributed by atoms with Crippen LogP contribution in [0.1, 0.15) is 34.6 Å². The summed E-state index contributed by atoms with van der Waals surface area (Å²) in [5.74, 6) is -5.26. The summed E-state index contributed by atoms with van der Waals surface area (Å²) in [6.07, 6.45) is 0. The minimum atomic E-state index is -1.11. The maximum atomic E-state index is 11.9. The van der Waals surface area contributed by atoms with Gasteiger partial charge in [0.15, 0.2) is 11.8 Å². The van der Waals surface area contributed by atoms with Crippen LogP contribution in [-0.2, 0) is 38.1 Å². The largest absolute Gasteiger partial charge is 0.465 e. The molecule has 9 nitrogen and oxygen atoms in total. The monoisotopic (exact) mass is 376 g/mol. The second-order valence-corrected chi connectivity index (χ2v) is 6.13. The lowest BCUT2D eigenvalue weighted by atomic mass is 9.94. The summed E-state index contributed by atoms with van der Waals surface area (Å²) in [6, 6.07) is 0. The molecule has 0 aliphatic rings. The predicted molar refractivity (Wildman–Crippen MR) is 88.7 cm³/mol. The number of hydrogen-bond acceptors (Lipinski definition) is 9. The van der Waals surface area contributed by atoms with Crippen molar-refractivity contribution in [1.82, 2.24) is 0 Å². The first kappa shape index (κ1) is 23.8. The lowest BCUT2D eigenvalue weighted by Crippen LogP contribution is -2.38. The molecule has 0 bridgehead atoms. The highest BCUT2D eigenvalue weighted by Gasteiger charge is 2.32. The third kappa shape index (κ3) is 7.81. The van der Waals surface area contributed by atoms with Crippen LogP contribution in [0.4, 0.5) is 0 Å². The van der Waals surface area contributed by atoms with E-state index in [0.29, 0.717) is 0 Å². The maximum absolute atomic E-state index is 11.9. The fraction of sp³-hybridized carbons (Fsp3) is 0.765. The molecule has 9 heteroatoms. The summed E-state index contributed by atoms with van der Waals surface area (Å²) in [5.41, 5.74) is -1.09. The van der Waals surface area contributed by atoms with Crippen LogP contribution in [-0.4, -0.2) is 62.0 Å². The van der Waals surface area contributed by atoms with E-state index < -0.39 is 47.7 Å². The third-order valence-electron chi connectivity index (χ3n) is 3.49. The van der Waals surface area contributed by atoms with E-state index in [1.807, 2.05) is 0 Å². The van der Waals surface area contributed by atoms with Gasteiger partial charge in [-0.3, -0.25) is 19.2 Å². The second-order valence-electron chi connectivity index (χ2n) is 6.13. The van der Waals surface area contributed by atoms with Crippen molar-refractivity contribution in [3.63, 3.8) is 0 Å². The van der Waals surface area contributed by atoms with Gasteiger partial charge in [-0.25, -0.2) is 0 Å². The Morgan fingerprint density at radius 3 is 1.35 bits per heavy atom. The molecule has 0 rings (SSSR count). The van der Waals surface area contributed by atoms with Crippen LogP contribution >= 0.6 is 0 Å². The smallest absolute Gasteiger partial charge is 0.320 e. The van der Waals surface area contributed by atoms with E-state index in [0.717, 1.165) is 0 Å². The SMILES string of the molecule is CCOC(=O)C(C)C(=O)OCC(C)(CO)COC(=O)C(C)C(=O)OCC. The Bertz CT molecular complexity index is 460. The Balaban J connectivity index is 4.60. The summed E-state index contributed by atoms with van der Waals surface area (Å²) >= 11 is 0. The minimum absolute atomic E-state index is 0.138. The fourth-order valence-electron chi connectivity index (χ4n) is 1.60. The third-order valence-corrected chi connectivity index (χ3v) is 3.49. The van der Waals surface area contributed by atoms with Crippen LogP contribution in [0.2, 0.25) is 0 Å². The van der Waals surface area contributed by atoms with Crippen LogP contribution in [0.15, 0.2) is 0 Å². The quantitative estimate of drug-likeness (QED) is 0.311. The van der Waals surface area contributed by atoms with Crippen molar-refractivity contribution in [2.24, 2.45) is 17.3 Å². The first-order chi connectivity index (χ1) is 12.1. The molecule has 0 fully saturated rings. The Hall–Kier alpha value is -2.16. The maximum Gasteiger partial charge on any atom is 0.320 e. The van der Waals surface area contributed by atoms with Gasteiger partial charge in [0, 0.05) is 0 Å². The zero-order valence-corrected chi connectivity index (χ0v) is 15.9. The van der Waals surface area contributed by atoms with Gasteiger partial charge in [0.1, 0.15) is 13.2 Å². The number of rotatable bonds is 11. The molecule has 1 N–H and O–H groups in total. The molecule has 0 aliphatic carbocycles. The molecule has 0 aliphatic heterocycles. The highest BCUT2D eigenvalue weighted by molar-refractivity contribution is 5.95. The molecular formula is C17H28O9. The molecule has 0 saturated heterocycles. The number of carbonyl (C=O) groups excluding carboxylic acids is 4. The summed E-state index contributed by atoms with van der Waals surface area (Å²) in [4.78, 5) is 46.7. The molecular weight excluding hydrogens is 348 g/mol. The number of ether oxygens (including phenoxy) is 4. The van der Waals surface area contributed by atoms with E-state index in [4.69, 9.17) is 18.9 Å². The standard InChI is InChI=1S/C17H28O9/c1-6-23-13(19)11(3)15(21)25-9-17(5,8-18)10-26-16(22)12(4)14(20)24-7-2/h11-12,18H,6-10H2,1-5H3. The van der Waals surface area contributed by atoms with Gasteiger partial charge in [0.2, 0.25) is 0 Å². The van der Waals surface area contributed by atoms with Crippen molar-refractivity contribution >= 4 is 23.9 Å². The Kier molecular flexibility index (Phi) is 10.5. The summed E-state index contributed by atoms with van der Waals surface area (Å²) in [5, 5.41) is 9.51. The van der Waals surface area contributed by atoms with Crippen molar-refractivity contribution in [2.75, 3.05) is 33.0 Å². The van der Waals surface area contributed by atoms with Crippen molar-refractivity contribution in [3.8, 4) is 0 Å². The van der Waals surface area contributed by atoms with Gasteiger partial charge in [-0.2, -0.15) is 0 Å². The number of hydrogen-bond donors (Lipinski definition) is 1. The van der Waals surface area contributed by atoms with Crippen LogP contribution in [0, 0.1) is 17.3 Å². The van der Waals surface area contributed by atoms with Crippen LogP contribution < -0.4 is 0 Å². The lowest BCUT2D eigenvalue weighted by Gasteiger charge is -2.27. The summed E-state index contributed by atoms with van der Waals surface area (Å²) in [7, 11) is 0. The van der Waals surface area contributed by atoms with Crippen LogP contribution in [0.25, 0.3) is 0 Å². The number of esters is 4. The number of aliphatic hydroxyl groups is 1. The molecule has 2 unspecified atom stereocenters. The molecule has 26 heavy (non-hydrogen) atoms. The minimum Gasteiger partial charge on any atom is -0.465 e. The average Bonchev–Trinajstić information content (AvgIpc) is 2.63. The second kappa shape index (κ2) is 11.5. The molecule has 2 atom stereocenters. The zero-order chi connectivity index (χ0) is 20.3. The van der Waals surface area contributed by atoms with E-state index in [2.05, 4.69) is 0 Å². The number of carbonyl (C=O) groups is 4. The summed E-state index contributed by atoms with van der Waals surface area (Å²) in [6.45, 7) is 6.70. The predicted octanol–water partition coefficient (Wildman–Crippen LogP) is 0.470. The van der Waals surface area contributed by atoms with Crippen molar-refractivity contribution in [2.45, 2.75) is 34.6 Å². The lowest BCUT2D eigenvalue weighted by molar-refractivity contribution is -0.167. The van der Waals surface area contributed by atoms with E-state index >= 15 is 0 Å². The van der Waals surface area contributed by atoms with Gasteiger partial charge < -0.3 is 24.1 Å². The van der Waals surface area contributed by atoms with Crippen molar-refractivity contribution in [3.05, 3.63) is 0 Å². The molecule has 0 saturated carbocycles. The Morgan fingerprint density at radius 1 is 0.769 bits per heavy atom. The van der Waals surface area contributed by atoms with Gasteiger partial charge in [-0.15, -0.1) is 0 Å². The van der Waals surface area contributed by atoms with Crippen LogP contribution in [0.3, 0.4) is 0 Å². The zero-order valence-electron chi connectivity index (χ0n) is 15.9. The number of aliphatic hydroxyl groups excluding tert-OH is 1. The molecule has 0 heterocycles. The summed E-state index contributed by atoms with van der Waals surface area (Å²) < 4.78 is 19.5. The van der Waals surface area contributed by atoms with Crippen LogP contribution in [0.5, 0.6) is 0 Å². The molecule has 0 aromatic heterocycles. The van der Waals surface area contributed by atoms with Gasteiger partial charge >= 0.3 is 23.9 Å².